The van der Waals surface area contributed by atoms with E-state index < -0.39 is 0 Å². The number of fused-ring (bicyclic) bond motifs is 1. The van der Waals surface area contributed by atoms with Crippen LogP contribution in [-0.2, 0) is 4.79 Å². The average Bonchev–Trinajstić information content (AvgIpc) is 2.92. The van der Waals surface area contributed by atoms with E-state index in [1.165, 1.54) is 0 Å². The Bertz CT molecular complexity index is 743. The number of amides is 2. The first kappa shape index (κ1) is 13.0. The lowest BCUT2D eigenvalue weighted by Crippen LogP contribution is -2.17. The molecule has 0 spiro atoms. The molecule has 1 aliphatic rings. The summed E-state index contributed by atoms with van der Waals surface area (Å²) in [7, 11) is 0. The summed E-state index contributed by atoms with van der Waals surface area (Å²) < 4.78 is 2.17. The normalized spacial score (nSPS) is 17.4. The van der Waals surface area contributed by atoms with Crippen LogP contribution < -0.4 is 5.32 Å². The quantitative estimate of drug-likeness (QED) is 0.859. The molecule has 4 nitrogen and oxygen atoms in total. The lowest BCUT2D eigenvalue weighted by atomic mass is 10.1. The van der Waals surface area contributed by atoms with E-state index >= 15 is 0 Å². The smallest absolute Gasteiger partial charge is 0.290 e. The number of imide groups is 1. The van der Waals surface area contributed by atoms with Crippen molar-refractivity contribution in [2.24, 2.45) is 0 Å². The molecule has 0 bridgehead atoms. The third kappa shape index (κ3) is 2.14. The van der Waals surface area contributed by atoms with Crippen molar-refractivity contribution < 1.29 is 9.59 Å². The summed E-state index contributed by atoms with van der Waals surface area (Å²) >= 11 is 0.947. The van der Waals surface area contributed by atoms with Crippen molar-refractivity contribution in [3.63, 3.8) is 0 Å². The monoisotopic (exact) mass is 286 g/mol. The van der Waals surface area contributed by atoms with E-state index in [-0.39, 0.29) is 11.1 Å². The Morgan fingerprint density at radius 3 is 2.65 bits per heavy atom. The van der Waals surface area contributed by atoms with Crippen LogP contribution >= 0.6 is 11.8 Å². The topological polar surface area (TPSA) is 51.1 Å². The number of carbonyl (C=O) groups is 2. The number of aromatic nitrogens is 1. The van der Waals surface area contributed by atoms with Crippen LogP contribution in [0.3, 0.4) is 0 Å². The van der Waals surface area contributed by atoms with Gasteiger partial charge >= 0.3 is 0 Å². The Morgan fingerprint density at radius 2 is 2.00 bits per heavy atom. The molecule has 2 heterocycles. The van der Waals surface area contributed by atoms with E-state index in [0.29, 0.717) is 10.9 Å². The number of nitrogens with zero attached hydrogens (tertiary/aromatic N) is 1. The molecule has 102 valence electrons. The highest BCUT2D eigenvalue weighted by molar-refractivity contribution is 8.18. The second kappa shape index (κ2) is 4.83. The molecule has 5 heteroatoms. The summed E-state index contributed by atoms with van der Waals surface area (Å²) in [5.41, 5.74) is 2.09. The Morgan fingerprint density at radius 1 is 1.25 bits per heavy atom. The molecule has 0 unspecified atom stereocenters. The maximum Gasteiger partial charge on any atom is 0.290 e. The number of rotatable bonds is 2. The molecule has 0 aliphatic carbocycles. The Labute approximate surface area is 120 Å². The van der Waals surface area contributed by atoms with E-state index in [0.717, 1.165) is 28.2 Å². The number of nitrogens with one attached hydrogen (secondary N) is 1. The van der Waals surface area contributed by atoms with Gasteiger partial charge in [-0.1, -0.05) is 18.2 Å². The summed E-state index contributed by atoms with van der Waals surface area (Å²) in [6.07, 6.45) is 3.81. The molecule has 1 saturated heterocycles. The van der Waals surface area contributed by atoms with Gasteiger partial charge in [0.1, 0.15) is 0 Å². The highest BCUT2D eigenvalue weighted by atomic mass is 32.2. The van der Waals surface area contributed by atoms with E-state index in [9.17, 15) is 9.59 Å². The lowest BCUT2D eigenvalue weighted by molar-refractivity contribution is -0.115. The van der Waals surface area contributed by atoms with Gasteiger partial charge in [0.15, 0.2) is 0 Å². The van der Waals surface area contributed by atoms with Gasteiger partial charge in [-0.05, 0) is 37.8 Å². The molecule has 1 N–H and O–H groups in total. The molecule has 20 heavy (non-hydrogen) atoms. The Balaban J connectivity index is 2.15. The fourth-order valence-corrected chi connectivity index (χ4v) is 3.01. The van der Waals surface area contributed by atoms with Gasteiger partial charge in [0, 0.05) is 28.7 Å². The minimum atomic E-state index is -0.318. The third-order valence-electron chi connectivity index (χ3n) is 3.26. The number of para-hydroxylation sites is 1. The molecule has 1 aromatic carbocycles. The zero-order valence-corrected chi connectivity index (χ0v) is 12.0. The van der Waals surface area contributed by atoms with Crippen LogP contribution in [0.25, 0.3) is 17.0 Å². The summed E-state index contributed by atoms with van der Waals surface area (Å²) in [5.74, 6) is -0.318. The highest BCUT2D eigenvalue weighted by Gasteiger charge is 2.25. The Hall–Kier alpha value is -2.01. The standard InChI is InChI=1S/C15H14N2O2S/c1-9(2)17-8-10(11-5-3-4-6-12(11)17)7-13-14(18)16-15(19)20-13/h3-9H,1-2H3,(H,16,18,19)/b13-7-. The minimum Gasteiger partial charge on any atom is -0.344 e. The van der Waals surface area contributed by atoms with Gasteiger partial charge in [-0.3, -0.25) is 14.9 Å². The molecule has 3 rings (SSSR count). The minimum absolute atomic E-state index is 0.311. The number of thioether (sulfide) groups is 1. The van der Waals surface area contributed by atoms with Crippen molar-refractivity contribution in [1.82, 2.24) is 9.88 Å². The van der Waals surface area contributed by atoms with Crippen LogP contribution in [-0.4, -0.2) is 15.7 Å². The first-order valence-corrected chi connectivity index (χ1v) is 7.22. The Kier molecular flexibility index (Phi) is 3.14. The van der Waals surface area contributed by atoms with Crippen LogP contribution in [0, 0.1) is 0 Å². The van der Waals surface area contributed by atoms with Crippen LogP contribution in [0.5, 0.6) is 0 Å². The molecule has 2 aromatic rings. The second-order valence-electron chi connectivity index (χ2n) is 4.95. The molecule has 1 fully saturated rings. The molecule has 2 amide bonds. The molecule has 1 aliphatic heterocycles. The van der Waals surface area contributed by atoms with Crippen molar-refractivity contribution in [3.05, 3.63) is 40.9 Å². The molecule has 0 radical (unpaired) electrons. The van der Waals surface area contributed by atoms with Gasteiger partial charge < -0.3 is 4.57 Å². The fourth-order valence-electron chi connectivity index (χ4n) is 2.34. The van der Waals surface area contributed by atoms with Gasteiger partial charge in [-0.2, -0.15) is 0 Å². The number of hydrogen-bond acceptors (Lipinski definition) is 3. The average molecular weight is 286 g/mol. The van der Waals surface area contributed by atoms with E-state index in [2.05, 4.69) is 29.8 Å². The van der Waals surface area contributed by atoms with Gasteiger partial charge in [0.2, 0.25) is 0 Å². The molecule has 0 saturated carbocycles. The zero-order chi connectivity index (χ0) is 14.3. The third-order valence-corrected chi connectivity index (χ3v) is 4.07. The second-order valence-corrected chi connectivity index (χ2v) is 5.97. The van der Waals surface area contributed by atoms with E-state index in [1.54, 1.807) is 6.08 Å². The summed E-state index contributed by atoms with van der Waals surface area (Å²) in [5, 5.41) is 3.05. The first-order chi connectivity index (χ1) is 9.56. The van der Waals surface area contributed by atoms with Crippen molar-refractivity contribution in [1.29, 1.82) is 0 Å². The zero-order valence-electron chi connectivity index (χ0n) is 11.2. The predicted molar refractivity (Wildman–Crippen MR) is 81.4 cm³/mol. The fraction of sp³-hybridized carbons (Fsp3) is 0.200. The first-order valence-electron chi connectivity index (χ1n) is 6.40. The predicted octanol–water partition coefficient (Wildman–Crippen LogP) is 3.55. The van der Waals surface area contributed by atoms with Crippen molar-refractivity contribution in [2.45, 2.75) is 19.9 Å². The maximum atomic E-state index is 11.6. The van der Waals surface area contributed by atoms with Crippen molar-refractivity contribution in [3.8, 4) is 0 Å². The SMILES string of the molecule is CC(C)n1cc(/C=C2\SC(=O)NC2=O)c2ccccc21. The van der Waals surface area contributed by atoms with Crippen LogP contribution in [0.4, 0.5) is 4.79 Å². The van der Waals surface area contributed by atoms with Crippen LogP contribution in [0.15, 0.2) is 35.4 Å². The lowest BCUT2D eigenvalue weighted by Gasteiger charge is -2.08. The maximum absolute atomic E-state index is 11.6. The molecule has 0 atom stereocenters. The van der Waals surface area contributed by atoms with Gasteiger partial charge in [-0.15, -0.1) is 0 Å². The van der Waals surface area contributed by atoms with E-state index in [1.807, 2.05) is 24.4 Å². The summed E-state index contributed by atoms with van der Waals surface area (Å²) in [4.78, 5) is 23.3. The molecular formula is C15H14N2O2S. The molecular weight excluding hydrogens is 272 g/mol. The molecule has 1 aromatic heterocycles. The number of benzene rings is 1. The highest BCUT2D eigenvalue weighted by Crippen LogP contribution is 2.30. The van der Waals surface area contributed by atoms with E-state index in [4.69, 9.17) is 0 Å². The van der Waals surface area contributed by atoms with Crippen LogP contribution in [0.1, 0.15) is 25.5 Å². The number of hydrogen-bond donors (Lipinski definition) is 1. The van der Waals surface area contributed by atoms with Gasteiger partial charge in [-0.25, -0.2) is 0 Å². The van der Waals surface area contributed by atoms with Crippen LogP contribution in [0.2, 0.25) is 0 Å². The van der Waals surface area contributed by atoms with Crippen molar-refractivity contribution in [2.75, 3.05) is 0 Å². The van der Waals surface area contributed by atoms with Gasteiger partial charge in [0.05, 0.1) is 4.91 Å². The van der Waals surface area contributed by atoms with Gasteiger partial charge in [0.25, 0.3) is 11.1 Å². The summed E-state index contributed by atoms with van der Waals surface area (Å²) in [6, 6.07) is 8.39. The largest absolute Gasteiger partial charge is 0.344 e. The summed E-state index contributed by atoms with van der Waals surface area (Å²) in [6.45, 7) is 4.23. The number of carbonyl (C=O) groups excluding carboxylic acids is 2. The van der Waals surface area contributed by atoms with Crippen molar-refractivity contribution >= 4 is 39.9 Å².